The van der Waals surface area contributed by atoms with Gasteiger partial charge in [0.05, 0.1) is 5.02 Å². The zero-order chi connectivity index (χ0) is 13.0. The van der Waals surface area contributed by atoms with Gasteiger partial charge in [0.25, 0.3) is 0 Å². The third-order valence-corrected chi connectivity index (χ3v) is 2.91. The number of halogens is 2. The molecule has 0 unspecified atom stereocenters. The molecule has 0 radical (unpaired) electrons. The fourth-order valence-electron chi connectivity index (χ4n) is 1.69. The first-order chi connectivity index (χ1) is 8.66. The van der Waals surface area contributed by atoms with E-state index < -0.39 is 0 Å². The van der Waals surface area contributed by atoms with E-state index in [0.29, 0.717) is 18.1 Å². The molecule has 0 aliphatic carbocycles. The van der Waals surface area contributed by atoms with Crippen LogP contribution in [0.2, 0.25) is 5.02 Å². The summed E-state index contributed by atoms with van der Waals surface area (Å²) >= 11 is 5.80. The van der Waals surface area contributed by atoms with E-state index in [9.17, 15) is 9.50 Å². The van der Waals surface area contributed by atoms with Crippen LogP contribution in [0.4, 0.5) is 4.39 Å². The fraction of sp³-hybridized carbons (Fsp3) is 0.143. The number of nitrogens with one attached hydrogen (secondary N) is 1. The van der Waals surface area contributed by atoms with Crippen LogP contribution < -0.4 is 5.32 Å². The summed E-state index contributed by atoms with van der Waals surface area (Å²) in [5, 5.41) is 13.2. The molecule has 2 rings (SSSR count). The minimum atomic E-state index is -0.250. The van der Waals surface area contributed by atoms with Gasteiger partial charge in [-0.1, -0.05) is 35.9 Å². The van der Waals surface area contributed by atoms with Gasteiger partial charge < -0.3 is 10.4 Å². The van der Waals surface area contributed by atoms with Gasteiger partial charge in [-0.2, -0.15) is 0 Å². The van der Waals surface area contributed by atoms with Crippen molar-refractivity contribution in [3.05, 3.63) is 64.4 Å². The molecule has 0 fully saturated rings. The first kappa shape index (κ1) is 12.9. The Morgan fingerprint density at radius 3 is 2.67 bits per heavy atom. The molecule has 0 saturated heterocycles. The lowest BCUT2D eigenvalue weighted by molar-refractivity contribution is 0.464. The Labute approximate surface area is 110 Å². The van der Waals surface area contributed by atoms with E-state index in [-0.39, 0.29) is 11.6 Å². The summed E-state index contributed by atoms with van der Waals surface area (Å²) < 4.78 is 12.9. The average molecular weight is 266 g/mol. The van der Waals surface area contributed by atoms with Crippen molar-refractivity contribution in [2.24, 2.45) is 0 Å². The van der Waals surface area contributed by atoms with Crippen molar-refractivity contribution >= 4 is 11.6 Å². The van der Waals surface area contributed by atoms with Crippen LogP contribution in [0.3, 0.4) is 0 Å². The number of phenols is 1. The normalized spacial score (nSPS) is 10.6. The van der Waals surface area contributed by atoms with E-state index >= 15 is 0 Å². The van der Waals surface area contributed by atoms with Gasteiger partial charge in [-0.3, -0.25) is 0 Å². The molecule has 0 bridgehead atoms. The quantitative estimate of drug-likeness (QED) is 0.887. The summed E-state index contributed by atoms with van der Waals surface area (Å²) in [5.41, 5.74) is 1.58. The smallest absolute Gasteiger partial charge is 0.138 e. The van der Waals surface area contributed by atoms with Crippen molar-refractivity contribution < 1.29 is 9.50 Å². The maximum Gasteiger partial charge on any atom is 0.138 e. The van der Waals surface area contributed by atoms with Crippen LogP contribution in [0.25, 0.3) is 0 Å². The molecule has 2 N–H and O–H groups in total. The van der Waals surface area contributed by atoms with Crippen molar-refractivity contribution in [2.45, 2.75) is 13.1 Å². The second-order valence-electron chi connectivity index (χ2n) is 3.98. The van der Waals surface area contributed by atoms with Gasteiger partial charge in [-0.05, 0) is 23.8 Å². The lowest BCUT2D eigenvalue weighted by atomic mass is 10.2. The number of para-hydroxylation sites is 1. The molecule has 0 spiro atoms. The van der Waals surface area contributed by atoms with Crippen LogP contribution in [0.5, 0.6) is 5.75 Å². The molecule has 0 aromatic heterocycles. The van der Waals surface area contributed by atoms with E-state index in [1.807, 2.05) is 6.07 Å². The van der Waals surface area contributed by atoms with Crippen molar-refractivity contribution in [1.29, 1.82) is 0 Å². The molecule has 4 heteroatoms. The number of aromatic hydroxyl groups is 1. The Morgan fingerprint density at radius 2 is 1.89 bits per heavy atom. The van der Waals surface area contributed by atoms with Crippen molar-refractivity contribution in [3.8, 4) is 5.75 Å². The summed E-state index contributed by atoms with van der Waals surface area (Å²) in [5.74, 6) is -0.161. The number of phenolic OH excluding ortho intramolecular Hbond substituents is 1. The molecule has 2 aromatic rings. The average Bonchev–Trinajstić information content (AvgIpc) is 2.35. The van der Waals surface area contributed by atoms with Gasteiger partial charge in [0.15, 0.2) is 0 Å². The highest BCUT2D eigenvalue weighted by Crippen LogP contribution is 2.26. The Bertz CT molecular complexity index is 545. The molecular weight excluding hydrogens is 253 g/mol. The van der Waals surface area contributed by atoms with Crippen LogP contribution in [0.15, 0.2) is 42.5 Å². The Hall–Kier alpha value is -1.58. The van der Waals surface area contributed by atoms with Crippen molar-refractivity contribution in [1.82, 2.24) is 5.32 Å². The molecule has 94 valence electrons. The van der Waals surface area contributed by atoms with E-state index in [1.54, 1.807) is 24.3 Å². The summed E-state index contributed by atoms with van der Waals surface area (Å²) in [6, 6.07) is 11.6. The van der Waals surface area contributed by atoms with Gasteiger partial charge in [0.1, 0.15) is 11.6 Å². The van der Waals surface area contributed by atoms with Gasteiger partial charge in [-0.15, -0.1) is 0 Å². The third kappa shape index (κ3) is 3.22. The van der Waals surface area contributed by atoms with Gasteiger partial charge in [0.2, 0.25) is 0 Å². The monoisotopic (exact) mass is 265 g/mol. The van der Waals surface area contributed by atoms with E-state index in [0.717, 1.165) is 11.1 Å². The largest absolute Gasteiger partial charge is 0.506 e. The predicted molar refractivity (Wildman–Crippen MR) is 70.1 cm³/mol. The molecule has 0 aliphatic rings. The summed E-state index contributed by atoms with van der Waals surface area (Å²) in [7, 11) is 0. The van der Waals surface area contributed by atoms with Gasteiger partial charge >= 0.3 is 0 Å². The van der Waals surface area contributed by atoms with E-state index in [1.165, 1.54) is 12.1 Å². The zero-order valence-electron chi connectivity index (χ0n) is 9.66. The van der Waals surface area contributed by atoms with Crippen LogP contribution in [-0.4, -0.2) is 5.11 Å². The summed E-state index contributed by atoms with van der Waals surface area (Å²) in [6.45, 7) is 1.01. The Balaban J connectivity index is 1.94. The summed E-state index contributed by atoms with van der Waals surface area (Å²) in [4.78, 5) is 0. The highest BCUT2D eigenvalue weighted by molar-refractivity contribution is 6.32. The van der Waals surface area contributed by atoms with Crippen LogP contribution in [0.1, 0.15) is 11.1 Å². The third-order valence-electron chi connectivity index (χ3n) is 2.60. The molecule has 0 atom stereocenters. The van der Waals surface area contributed by atoms with Crippen molar-refractivity contribution in [3.63, 3.8) is 0 Å². The Kier molecular flexibility index (Phi) is 4.18. The highest BCUT2D eigenvalue weighted by Gasteiger charge is 2.04. The van der Waals surface area contributed by atoms with E-state index in [4.69, 9.17) is 11.6 Å². The molecule has 2 nitrogen and oxygen atoms in total. The minimum absolute atomic E-state index is 0.0888. The molecular formula is C14H13ClFNO. The van der Waals surface area contributed by atoms with Gasteiger partial charge in [0, 0.05) is 18.7 Å². The minimum Gasteiger partial charge on any atom is -0.506 e. The molecule has 0 saturated carbocycles. The molecule has 0 amide bonds. The maximum absolute atomic E-state index is 12.9. The molecule has 0 heterocycles. The zero-order valence-corrected chi connectivity index (χ0v) is 10.4. The lowest BCUT2D eigenvalue weighted by Crippen LogP contribution is -2.12. The maximum atomic E-state index is 12.9. The van der Waals surface area contributed by atoms with Crippen LogP contribution >= 0.6 is 11.6 Å². The SMILES string of the molecule is Oc1c(Cl)cccc1CNCc1cccc(F)c1. The van der Waals surface area contributed by atoms with Gasteiger partial charge in [-0.25, -0.2) is 4.39 Å². The Morgan fingerprint density at radius 1 is 1.11 bits per heavy atom. The second-order valence-corrected chi connectivity index (χ2v) is 4.39. The number of hydrogen-bond acceptors (Lipinski definition) is 2. The number of benzene rings is 2. The van der Waals surface area contributed by atoms with Crippen LogP contribution in [0, 0.1) is 5.82 Å². The topological polar surface area (TPSA) is 32.3 Å². The highest BCUT2D eigenvalue weighted by atomic mass is 35.5. The lowest BCUT2D eigenvalue weighted by Gasteiger charge is -2.08. The fourth-order valence-corrected chi connectivity index (χ4v) is 1.89. The van der Waals surface area contributed by atoms with Crippen LogP contribution in [-0.2, 0) is 13.1 Å². The first-order valence-electron chi connectivity index (χ1n) is 5.58. The standard InChI is InChI=1S/C14H13ClFNO/c15-13-6-2-4-11(14(13)18)9-17-8-10-3-1-5-12(16)7-10/h1-7,17-18H,8-9H2. The number of rotatable bonds is 4. The first-order valence-corrected chi connectivity index (χ1v) is 5.96. The molecule has 18 heavy (non-hydrogen) atoms. The summed E-state index contributed by atoms with van der Waals surface area (Å²) in [6.07, 6.45) is 0. The molecule has 2 aromatic carbocycles. The second kappa shape index (κ2) is 5.85. The molecule has 0 aliphatic heterocycles. The predicted octanol–water partition coefficient (Wildman–Crippen LogP) is 3.47. The van der Waals surface area contributed by atoms with Crippen molar-refractivity contribution in [2.75, 3.05) is 0 Å². The van der Waals surface area contributed by atoms with E-state index in [2.05, 4.69) is 5.32 Å². The number of hydrogen-bond donors (Lipinski definition) is 2.